The van der Waals surface area contributed by atoms with Gasteiger partial charge in [-0.05, 0) is 20.8 Å². The predicted octanol–water partition coefficient (Wildman–Crippen LogP) is 0.997. The number of nitrogens with two attached hydrogens (primary N) is 1. The van der Waals surface area contributed by atoms with E-state index in [-0.39, 0.29) is 0 Å². The minimum Gasteiger partial charge on any atom is -0.354 e. The highest BCUT2D eigenvalue weighted by Crippen LogP contribution is 2.46. The summed E-state index contributed by atoms with van der Waals surface area (Å²) in [6.45, 7) is 4.63. The third-order valence-electron chi connectivity index (χ3n) is 0.595. The van der Waals surface area contributed by atoms with Crippen molar-refractivity contribution < 1.29 is 23.3 Å². The van der Waals surface area contributed by atoms with Gasteiger partial charge in [0, 0.05) is 0 Å². The molecule has 0 saturated carbocycles. The Morgan fingerprint density at radius 3 is 2.17 bits per heavy atom. The Hall–Kier alpha value is -0.580. The van der Waals surface area contributed by atoms with Crippen LogP contribution >= 0.6 is 7.82 Å². The smallest absolute Gasteiger partial charge is 0.354 e. The lowest BCUT2D eigenvalue weighted by molar-refractivity contribution is 0.0747. The number of carbonyl (C=O) groups excluding carboxylic acids is 1. The van der Waals surface area contributed by atoms with E-state index in [2.05, 4.69) is 14.8 Å². The van der Waals surface area contributed by atoms with Crippen LogP contribution in [0, 0.1) is 0 Å². The van der Waals surface area contributed by atoms with E-state index in [4.69, 9.17) is 4.89 Å². The Morgan fingerprint density at radius 1 is 1.50 bits per heavy atom. The fraction of sp³-hybridized carbons (Fsp3) is 0.800. The van der Waals surface area contributed by atoms with Gasteiger partial charge in [-0.3, -0.25) is 9.42 Å². The first-order valence-corrected chi connectivity index (χ1v) is 4.64. The van der Waals surface area contributed by atoms with Gasteiger partial charge in [0.1, 0.15) is 0 Å². The van der Waals surface area contributed by atoms with Crippen LogP contribution in [0.2, 0.25) is 0 Å². The molecule has 12 heavy (non-hydrogen) atoms. The van der Waals surface area contributed by atoms with Gasteiger partial charge < -0.3 is 10.3 Å². The molecule has 3 N–H and O–H groups in total. The summed E-state index contributed by atoms with van der Waals surface area (Å²) in [5, 5.41) is 0. The molecule has 1 atom stereocenters. The van der Waals surface area contributed by atoms with Gasteiger partial charge in [0.25, 0.3) is 0 Å². The normalized spacial score (nSPS) is 16.7. The van der Waals surface area contributed by atoms with Crippen LogP contribution in [0.3, 0.4) is 0 Å². The number of hydrogen-bond donors (Lipinski definition) is 2. The third-order valence-corrected chi connectivity index (χ3v) is 1.78. The zero-order valence-corrected chi connectivity index (χ0v) is 8.00. The van der Waals surface area contributed by atoms with Gasteiger partial charge in [-0.1, -0.05) is 0 Å². The van der Waals surface area contributed by atoms with Crippen LogP contribution < -0.4 is 5.73 Å². The van der Waals surface area contributed by atoms with E-state index in [9.17, 15) is 9.36 Å². The van der Waals surface area contributed by atoms with Crippen molar-refractivity contribution in [1.29, 1.82) is 0 Å². The molecular weight excluding hydrogens is 185 g/mol. The summed E-state index contributed by atoms with van der Waals surface area (Å²) in [6, 6.07) is 0. The fourth-order valence-electron chi connectivity index (χ4n) is 0.478. The summed E-state index contributed by atoms with van der Waals surface area (Å²) in [5.41, 5.74) is 3.65. The molecule has 72 valence electrons. The van der Waals surface area contributed by atoms with E-state index in [0.29, 0.717) is 0 Å². The largest absolute Gasteiger partial charge is 0.531 e. The molecule has 0 aromatic carbocycles. The molecule has 0 saturated heterocycles. The molecule has 0 aliphatic rings. The number of primary amides is 1. The number of amides is 1. The quantitative estimate of drug-likeness (QED) is 0.643. The van der Waals surface area contributed by atoms with Crippen molar-refractivity contribution in [2.75, 3.05) is 0 Å². The van der Waals surface area contributed by atoms with E-state index < -0.39 is 19.5 Å². The predicted molar refractivity (Wildman–Crippen MR) is 41.3 cm³/mol. The van der Waals surface area contributed by atoms with Gasteiger partial charge >= 0.3 is 13.9 Å². The maximum Gasteiger partial charge on any atom is 0.531 e. The Balaban J connectivity index is 4.24. The minimum atomic E-state index is -4.34. The molecule has 0 aliphatic heterocycles. The first-order chi connectivity index (χ1) is 5.12. The SMILES string of the molecule is CC(C)(C)OP(=O)(O)OC(N)=O. The van der Waals surface area contributed by atoms with Crippen molar-refractivity contribution in [2.24, 2.45) is 5.73 Å². The Bertz CT molecular complexity index is 220. The molecule has 7 heteroatoms. The number of phosphoric ester groups is 1. The Labute approximate surface area is 70.3 Å². The van der Waals surface area contributed by atoms with E-state index >= 15 is 0 Å². The molecule has 0 aromatic heterocycles. The number of carbonyl (C=O) groups is 1. The van der Waals surface area contributed by atoms with Gasteiger partial charge in [0.05, 0.1) is 5.60 Å². The molecule has 0 aliphatic carbocycles. The second kappa shape index (κ2) is 3.43. The zero-order valence-electron chi connectivity index (χ0n) is 7.10. The van der Waals surface area contributed by atoms with Gasteiger partial charge in [-0.2, -0.15) is 0 Å². The van der Waals surface area contributed by atoms with Crippen molar-refractivity contribution >= 4 is 13.9 Å². The monoisotopic (exact) mass is 197 g/mol. The van der Waals surface area contributed by atoms with Crippen LogP contribution in [0.1, 0.15) is 20.8 Å². The van der Waals surface area contributed by atoms with Crippen LogP contribution in [0.15, 0.2) is 0 Å². The fourth-order valence-corrected chi connectivity index (χ4v) is 1.44. The standard InChI is InChI=1S/C5H12NO5P/c1-5(2,3)11-12(8,9)10-4(6)7/h1-3H3,(H2,6,7)(H,8,9). The van der Waals surface area contributed by atoms with Crippen molar-refractivity contribution in [1.82, 2.24) is 0 Å². The minimum absolute atomic E-state index is 0.875. The van der Waals surface area contributed by atoms with Gasteiger partial charge in [-0.25, -0.2) is 9.36 Å². The summed E-state index contributed by atoms with van der Waals surface area (Å²) in [4.78, 5) is 18.9. The number of rotatable bonds is 2. The molecule has 0 aromatic rings. The molecule has 0 radical (unpaired) electrons. The van der Waals surface area contributed by atoms with E-state index in [1.165, 1.54) is 0 Å². The summed E-state index contributed by atoms with van der Waals surface area (Å²) in [6.07, 6.45) is -1.34. The second-order valence-corrected chi connectivity index (χ2v) is 4.38. The maximum atomic E-state index is 10.9. The molecule has 1 amide bonds. The number of phosphoric acid groups is 1. The van der Waals surface area contributed by atoms with Gasteiger partial charge in [0.15, 0.2) is 0 Å². The molecule has 0 rings (SSSR count). The van der Waals surface area contributed by atoms with Crippen LogP contribution in [-0.2, 0) is 13.6 Å². The van der Waals surface area contributed by atoms with Crippen molar-refractivity contribution in [3.63, 3.8) is 0 Å². The second-order valence-electron chi connectivity index (χ2n) is 3.08. The first-order valence-electron chi connectivity index (χ1n) is 3.15. The lowest BCUT2D eigenvalue weighted by Crippen LogP contribution is -2.20. The molecular formula is C5H12NO5P. The highest BCUT2D eigenvalue weighted by atomic mass is 31.2. The van der Waals surface area contributed by atoms with Crippen LogP contribution in [-0.4, -0.2) is 16.6 Å². The van der Waals surface area contributed by atoms with Crippen molar-refractivity contribution in [3.8, 4) is 0 Å². The average Bonchev–Trinajstić information content (AvgIpc) is 1.48. The first kappa shape index (κ1) is 11.4. The molecule has 0 fully saturated rings. The van der Waals surface area contributed by atoms with Crippen LogP contribution in [0.5, 0.6) is 0 Å². The summed E-state index contributed by atoms with van der Waals surface area (Å²) in [7, 11) is -4.34. The lowest BCUT2D eigenvalue weighted by atomic mass is 10.2. The van der Waals surface area contributed by atoms with E-state index in [0.717, 1.165) is 0 Å². The van der Waals surface area contributed by atoms with Crippen molar-refractivity contribution in [3.05, 3.63) is 0 Å². The third kappa shape index (κ3) is 6.15. The maximum absolute atomic E-state index is 10.9. The summed E-state index contributed by atoms with van der Waals surface area (Å²) < 4.78 is 19.2. The van der Waals surface area contributed by atoms with Gasteiger partial charge in [-0.15, -0.1) is 0 Å². The highest BCUT2D eigenvalue weighted by molar-refractivity contribution is 7.48. The van der Waals surface area contributed by atoms with E-state index in [1.54, 1.807) is 20.8 Å². The summed E-state index contributed by atoms with van der Waals surface area (Å²) >= 11 is 0. The van der Waals surface area contributed by atoms with Crippen molar-refractivity contribution in [2.45, 2.75) is 26.4 Å². The Morgan fingerprint density at radius 2 is 1.92 bits per heavy atom. The lowest BCUT2D eigenvalue weighted by Gasteiger charge is -2.21. The van der Waals surface area contributed by atoms with Crippen LogP contribution in [0.4, 0.5) is 4.79 Å². The Kier molecular flexibility index (Phi) is 3.26. The molecule has 0 bridgehead atoms. The highest BCUT2D eigenvalue weighted by Gasteiger charge is 2.31. The molecule has 6 nitrogen and oxygen atoms in total. The number of hydrogen-bond acceptors (Lipinski definition) is 4. The van der Waals surface area contributed by atoms with Crippen LogP contribution in [0.25, 0.3) is 0 Å². The van der Waals surface area contributed by atoms with E-state index in [1.807, 2.05) is 0 Å². The molecule has 0 spiro atoms. The molecule has 1 unspecified atom stereocenters. The van der Waals surface area contributed by atoms with Gasteiger partial charge in [0.2, 0.25) is 0 Å². The summed E-state index contributed by atoms with van der Waals surface area (Å²) in [5.74, 6) is 0. The topological polar surface area (TPSA) is 98.8 Å². The zero-order chi connectivity index (χ0) is 9.99. The molecule has 0 heterocycles. The average molecular weight is 197 g/mol.